The van der Waals surface area contributed by atoms with E-state index in [1.165, 1.54) is 6.92 Å². The van der Waals surface area contributed by atoms with Gasteiger partial charge >= 0.3 is 11.9 Å². The van der Waals surface area contributed by atoms with Gasteiger partial charge in [0.2, 0.25) is 0 Å². The highest BCUT2D eigenvalue weighted by Crippen LogP contribution is 2.11. The third-order valence-corrected chi connectivity index (χ3v) is 2.50. The van der Waals surface area contributed by atoms with Crippen LogP contribution in [0.3, 0.4) is 0 Å². The molecule has 0 aliphatic carbocycles. The maximum Gasteiger partial charge on any atom is 0.338 e. The van der Waals surface area contributed by atoms with Crippen molar-refractivity contribution in [3.8, 4) is 0 Å². The highest BCUT2D eigenvalue weighted by atomic mass is 16.6. The molecule has 0 spiro atoms. The highest BCUT2D eigenvalue weighted by molar-refractivity contribution is 5.90. The predicted octanol–water partition coefficient (Wildman–Crippen LogP) is 2.14. The van der Waals surface area contributed by atoms with Gasteiger partial charge in [-0.15, -0.1) is 0 Å². The van der Waals surface area contributed by atoms with Crippen LogP contribution in [-0.4, -0.2) is 30.4 Å². The predicted molar refractivity (Wildman–Crippen MR) is 72.2 cm³/mol. The van der Waals surface area contributed by atoms with Crippen molar-refractivity contribution in [1.29, 1.82) is 0 Å². The lowest BCUT2D eigenvalue weighted by molar-refractivity contribution is -0.145. The summed E-state index contributed by atoms with van der Waals surface area (Å²) in [6.45, 7) is 3.32. The zero-order valence-corrected chi connectivity index (χ0v) is 11.6. The second-order valence-electron chi connectivity index (χ2n) is 4.31. The maximum absolute atomic E-state index is 11.9. The van der Waals surface area contributed by atoms with Gasteiger partial charge in [0, 0.05) is 6.42 Å². The van der Waals surface area contributed by atoms with Crippen molar-refractivity contribution in [2.75, 3.05) is 6.61 Å². The summed E-state index contributed by atoms with van der Waals surface area (Å²) >= 11 is 0. The SMILES string of the molecule is CCOC(=O)CC(CC(C)=O)OC(=O)c1ccccc1. The zero-order valence-electron chi connectivity index (χ0n) is 11.6. The fraction of sp³-hybridized carbons (Fsp3) is 0.400. The molecule has 0 bridgehead atoms. The fourth-order valence-electron chi connectivity index (χ4n) is 1.68. The molecule has 0 N–H and O–H groups in total. The fourth-order valence-corrected chi connectivity index (χ4v) is 1.68. The van der Waals surface area contributed by atoms with Gasteiger partial charge in [0.25, 0.3) is 0 Å². The number of hydrogen-bond donors (Lipinski definition) is 0. The molecular weight excluding hydrogens is 260 g/mol. The van der Waals surface area contributed by atoms with Crippen LogP contribution in [0.25, 0.3) is 0 Å². The number of esters is 2. The first-order valence-corrected chi connectivity index (χ1v) is 6.44. The molecule has 1 aromatic rings. The molecule has 0 saturated heterocycles. The zero-order chi connectivity index (χ0) is 15.0. The Hall–Kier alpha value is -2.17. The van der Waals surface area contributed by atoms with E-state index in [0.717, 1.165) is 0 Å². The van der Waals surface area contributed by atoms with Crippen molar-refractivity contribution in [2.24, 2.45) is 0 Å². The van der Waals surface area contributed by atoms with Gasteiger partial charge in [-0.25, -0.2) is 4.79 Å². The van der Waals surface area contributed by atoms with Gasteiger partial charge in [0.15, 0.2) is 0 Å². The Morgan fingerprint density at radius 1 is 1.10 bits per heavy atom. The van der Waals surface area contributed by atoms with Crippen molar-refractivity contribution >= 4 is 17.7 Å². The van der Waals surface area contributed by atoms with Crippen LogP contribution in [0.15, 0.2) is 30.3 Å². The average molecular weight is 278 g/mol. The number of ether oxygens (including phenoxy) is 2. The Morgan fingerprint density at radius 2 is 1.75 bits per heavy atom. The number of ketones is 1. The lowest BCUT2D eigenvalue weighted by Crippen LogP contribution is -2.25. The number of rotatable bonds is 7. The monoisotopic (exact) mass is 278 g/mol. The van der Waals surface area contributed by atoms with E-state index in [9.17, 15) is 14.4 Å². The minimum atomic E-state index is -0.792. The number of hydrogen-bond acceptors (Lipinski definition) is 5. The highest BCUT2D eigenvalue weighted by Gasteiger charge is 2.21. The molecule has 0 heterocycles. The third-order valence-electron chi connectivity index (χ3n) is 2.50. The van der Waals surface area contributed by atoms with E-state index in [0.29, 0.717) is 5.56 Å². The summed E-state index contributed by atoms with van der Waals surface area (Å²) in [5.74, 6) is -1.19. The van der Waals surface area contributed by atoms with E-state index in [4.69, 9.17) is 9.47 Å². The molecule has 1 aromatic carbocycles. The van der Waals surface area contributed by atoms with Crippen LogP contribution in [0.2, 0.25) is 0 Å². The van der Waals surface area contributed by atoms with E-state index < -0.39 is 18.0 Å². The Bertz CT molecular complexity index is 466. The Kier molecular flexibility index (Phi) is 6.43. The van der Waals surface area contributed by atoms with Crippen molar-refractivity contribution in [3.63, 3.8) is 0 Å². The first-order valence-electron chi connectivity index (χ1n) is 6.44. The summed E-state index contributed by atoms with van der Waals surface area (Å²) in [5, 5.41) is 0. The number of Topliss-reactive ketones (excluding diaryl/α,β-unsaturated/α-hetero) is 1. The van der Waals surface area contributed by atoms with Crippen LogP contribution in [0.4, 0.5) is 0 Å². The normalized spacial score (nSPS) is 11.5. The van der Waals surface area contributed by atoms with Gasteiger partial charge < -0.3 is 9.47 Å². The van der Waals surface area contributed by atoms with Gasteiger partial charge in [-0.3, -0.25) is 9.59 Å². The number of carbonyl (C=O) groups is 3. The summed E-state index contributed by atoms with van der Waals surface area (Å²) in [5.41, 5.74) is 0.380. The molecule has 5 nitrogen and oxygen atoms in total. The molecule has 0 aliphatic heterocycles. The molecular formula is C15H18O5. The van der Waals surface area contributed by atoms with Gasteiger partial charge in [-0.05, 0) is 26.0 Å². The summed E-state index contributed by atoms with van der Waals surface area (Å²) in [4.78, 5) is 34.5. The van der Waals surface area contributed by atoms with Crippen LogP contribution < -0.4 is 0 Å². The third kappa shape index (κ3) is 5.65. The van der Waals surface area contributed by atoms with Crippen molar-refractivity contribution in [2.45, 2.75) is 32.8 Å². The van der Waals surface area contributed by atoms with E-state index in [1.807, 2.05) is 0 Å². The molecule has 0 aromatic heterocycles. The van der Waals surface area contributed by atoms with E-state index in [2.05, 4.69) is 0 Å². The van der Waals surface area contributed by atoms with Crippen molar-refractivity contribution in [3.05, 3.63) is 35.9 Å². The van der Waals surface area contributed by atoms with E-state index in [1.54, 1.807) is 37.3 Å². The number of benzene rings is 1. The van der Waals surface area contributed by atoms with Crippen LogP contribution in [0.1, 0.15) is 37.0 Å². The Morgan fingerprint density at radius 3 is 2.30 bits per heavy atom. The van der Waals surface area contributed by atoms with Crippen molar-refractivity contribution in [1.82, 2.24) is 0 Å². The quantitative estimate of drug-likeness (QED) is 0.715. The molecule has 5 heteroatoms. The summed E-state index contributed by atoms with van der Waals surface area (Å²) in [6, 6.07) is 8.42. The molecule has 0 radical (unpaired) electrons. The first-order chi connectivity index (χ1) is 9.52. The van der Waals surface area contributed by atoms with E-state index >= 15 is 0 Å². The van der Waals surface area contributed by atoms with Gasteiger partial charge in [0.05, 0.1) is 18.6 Å². The van der Waals surface area contributed by atoms with Gasteiger partial charge in [0.1, 0.15) is 11.9 Å². The molecule has 20 heavy (non-hydrogen) atoms. The molecule has 1 unspecified atom stereocenters. The average Bonchev–Trinajstić information content (AvgIpc) is 2.39. The molecule has 0 aliphatic rings. The largest absolute Gasteiger partial charge is 0.466 e. The maximum atomic E-state index is 11.9. The second-order valence-corrected chi connectivity index (χ2v) is 4.31. The summed E-state index contributed by atoms with van der Waals surface area (Å²) < 4.78 is 10.0. The first kappa shape index (κ1) is 15.9. The van der Waals surface area contributed by atoms with Crippen LogP contribution in [-0.2, 0) is 19.1 Å². The van der Waals surface area contributed by atoms with Crippen LogP contribution in [0.5, 0.6) is 0 Å². The second kappa shape index (κ2) is 8.09. The lowest BCUT2D eigenvalue weighted by atomic mass is 10.1. The molecule has 0 saturated carbocycles. The summed E-state index contributed by atoms with van der Waals surface area (Å²) in [6.07, 6.45) is -0.914. The Balaban J connectivity index is 2.66. The van der Waals surface area contributed by atoms with E-state index in [-0.39, 0.29) is 25.2 Å². The van der Waals surface area contributed by atoms with Crippen molar-refractivity contribution < 1.29 is 23.9 Å². The smallest absolute Gasteiger partial charge is 0.338 e. The number of carbonyl (C=O) groups excluding carboxylic acids is 3. The lowest BCUT2D eigenvalue weighted by Gasteiger charge is -2.16. The summed E-state index contributed by atoms with van der Waals surface area (Å²) in [7, 11) is 0. The minimum Gasteiger partial charge on any atom is -0.466 e. The van der Waals surface area contributed by atoms with Crippen LogP contribution >= 0.6 is 0 Å². The topological polar surface area (TPSA) is 69.7 Å². The molecule has 108 valence electrons. The standard InChI is InChI=1S/C15H18O5/c1-3-19-14(17)10-13(9-11(2)16)20-15(18)12-7-5-4-6-8-12/h4-8,13H,3,9-10H2,1-2H3. The molecule has 0 amide bonds. The van der Waals surface area contributed by atoms with Gasteiger partial charge in [-0.1, -0.05) is 18.2 Å². The van der Waals surface area contributed by atoms with Gasteiger partial charge in [-0.2, -0.15) is 0 Å². The molecule has 0 fully saturated rings. The Labute approximate surface area is 117 Å². The molecule has 1 atom stereocenters. The minimum absolute atomic E-state index is 0.00259. The molecule has 1 rings (SSSR count). The van der Waals surface area contributed by atoms with Crippen LogP contribution in [0, 0.1) is 0 Å².